The van der Waals surface area contributed by atoms with Crippen molar-refractivity contribution in [3.63, 3.8) is 0 Å². The molecule has 0 saturated carbocycles. The van der Waals surface area contributed by atoms with Gasteiger partial charge in [-0.25, -0.2) is 4.79 Å². The van der Waals surface area contributed by atoms with Gasteiger partial charge >= 0.3 is 6.03 Å². The van der Waals surface area contributed by atoms with Crippen molar-refractivity contribution in [2.24, 2.45) is 0 Å². The van der Waals surface area contributed by atoms with Crippen LogP contribution in [0.2, 0.25) is 0 Å². The molecule has 25 heavy (non-hydrogen) atoms. The van der Waals surface area contributed by atoms with Crippen LogP contribution in [0.3, 0.4) is 0 Å². The van der Waals surface area contributed by atoms with Crippen LogP contribution in [0.1, 0.15) is 17.6 Å². The number of tetrazole rings is 1. The molecule has 130 valence electrons. The third-order valence-electron chi connectivity index (χ3n) is 3.34. The zero-order valence-corrected chi connectivity index (χ0v) is 14.5. The Balaban J connectivity index is 1.57. The maximum atomic E-state index is 11.9. The lowest BCUT2D eigenvalue weighted by molar-refractivity contribution is 0.240. The van der Waals surface area contributed by atoms with Crippen LogP contribution < -0.4 is 15.4 Å². The number of nitrogens with zero attached hydrogens (tertiary/aromatic N) is 4. The highest BCUT2D eigenvalue weighted by molar-refractivity contribution is 7.09. The van der Waals surface area contributed by atoms with E-state index in [1.165, 1.54) is 0 Å². The summed E-state index contributed by atoms with van der Waals surface area (Å²) in [6.45, 7) is 3.26. The first-order chi connectivity index (χ1) is 12.3. The van der Waals surface area contributed by atoms with E-state index in [4.69, 9.17) is 4.74 Å². The second kappa shape index (κ2) is 8.25. The second-order valence-corrected chi connectivity index (χ2v) is 6.08. The molecule has 2 aromatic heterocycles. The third-order valence-corrected chi connectivity index (χ3v) is 4.21. The average molecular weight is 358 g/mol. The minimum absolute atomic E-state index is 0.219. The van der Waals surface area contributed by atoms with Crippen LogP contribution in [0, 0.1) is 0 Å². The smallest absolute Gasteiger partial charge is 0.315 e. The van der Waals surface area contributed by atoms with E-state index in [0.29, 0.717) is 19.0 Å². The van der Waals surface area contributed by atoms with E-state index in [-0.39, 0.29) is 12.6 Å². The lowest BCUT2D eigenvalue weighted by Gasteiger charge is -2.08. The number of urea groups is 1. The van der Waals surface area contributed by atoms with E-state index in [2.05, 4.69) is 26.2 Å². The normalized spacial score (nSPS) is 10.4. The van der Waals surface area contributed by atoms with Crippen molar-refractivity contribution in [2.45, 2.75) is 20.0 Å². The lowest BCUT2D eigenvalue weighted by Crippen LogP contribution is -2.35. The highest BCUT2D eigenvalue weighted by Gasteiger charge is 2.10. The molecule has 2 N–H and O–H groups in total. The number of carbonyl (C=O) groups is 1. The summed E-state index contributed by atoms with van der Waals surface area (Å²) in [7, 11) is 0. The molecular weight excluding hydrogens is 340 g/mol. The molecule has 0 radical (unpaired) electrons. The van der Waals surface area contributed by atoms with Crippen molar-refractivity contribution in [1.29, 1.82) is 0 Å². The zero-order valence-electron chi connectivity index (χ0n) is 13.7. The SMILES string of the molecule is CCOc1ccc(-n2nnnc2CNC(=O)NCc2cccs2)cc1. The average Bonchev–Trinajstić information content (AvgIpc) is 3.31. The second-order valence-electron chi connectivity index (χ2n) is 5.05. The predicted molar refractivity (Wildman–Crippen MR) is 93.7 cm³/mol. The van der Waals surface area contributed by atoms with Gasteiger partial charge in [0.25, 0.3) is 0 Å². The van der Waals surface area contributed by atoms with E-state index in [9.17, 15) is 4.79 Å². The molecule has 0 aliphatic rings. The topological polar surface area (TPSA) is 94.0 Å². The molecule has 9 heteroatoms. The Kier molecular flexibility index (Phi) is 5.57. The number of hydrogen-bond donors (Lipinski definition) is 2. The van der Waals surface area contributed by atoms with E-state index in [1.54, 1.807) is 16.0 Å². The summed E-state index contributed by atoms with van der Waals surface area (Å²) in [6, 6.07) is 11.1. The molecule has 0 aliphatic carbocycles. The van der Waals surface area contributed by atoms with E-state index in [1.807, 2.05) is 48.7 Å². The van der Waals surface area contributed by atoms with Crippen molar-refractivity contribution in [3.05, 3.63) is 52.5 Å². The Labute approximate surface area is 148 Å². The van der Waals surface area contributed by atoms with Crippen LogP contribution >= 0.6 is 11.3 Å². The standard InChI is InChI=1S/C16H18N6O2S/c1-2-24-13-7-5-12(6-8-13)22-15(19-20-21-22)11-18-16(23)17-10-14-4-3-9-25-14/h3-9H,2,10-11H2,1H3,(H2,17,18,23). The quantitative estimate of drug-likeness (QED) is 0.675. The Morgan fingerprint density at radius 2 is 2.00 bits per heavy atom. The van der Waals surface area contributed by atoms with Gasteiger partial charge in [0, 0.05) is 4.88 Å². The third kappa shape index (κ3) is 4.54. The lowest BCUT2D eigenvalue weighted by atomic mass is 10.3. The van der Waals surface area contributed by atoms with Gasteiger partial charge in [-0.3, -0.25) is 0 Å². The maximum Gasteiger partial charge on any atom is 0.315 e. The first-order valence-electron chi connectivity index (χ1n) is 7.81. The van der Waals surface area contributed by atoms with Crippen molar-refractivity contribution < 1.29 is 9.53 Å². The number of amides is 2. The largest absolute Gasteiger partial charge is 0.494 e. The van der Waals surface area contributed by atoms with Gasteiger partial charge in [-0.15, -0.1) is 16.4 Å². The predicted octanol–water partition coefficient (Wildman–Crippen LogP) is 2.12. The molecule has 0 aliphatic heterocycles. The van der Waals surface area contributed by atoms with Gasteiger partial charge in [-0.2, -0.15) is 4.68 Å². The van der Waals surface area contributed by atoms with Crippen molar-refractivity contribution >= 4 is 17.4 Å². The molecule has 0 bridgehead atoms. The molecular formula is C16H18N6O2S. The highest BCUT2D eigenvalue weighted by Crippen LogP contribution is 2.15. The van der Waals surface area contributed by atoms with E-state index >= 15 is 0 Å². The van der Waals surface area contributed by atoms with Crippen LogP contribution in [0.4, 0.5) is 4.79 Å². The molecule has 0 atom stereocenters. The van der Waals surface area contributed by atoms with Crippen LogP contribution in [-0.4, -0.2) is 32.8 Å². The van der Waals surface area contributed by atoms with Crippen LogP contribution in [0.5, 0.6) is 5.75 Å². The summed E-state index contributed by atoms with van der Waals surface area (Å²) < 4.78 is 7.00. The molecule has 2 heterocycles. The molecule has 1 aromatic carbocycles. The monoisotopic (exact) mass is 358 g/mol. The van der Waals surface area contributed by atoms with Gasteiger partial charge in [-0.1, -0.05) is 6.07 Å². The minimum Gasteiger partial charge on any atom is -0.494 e. The fraction of sp³-hybridized carbons (Fsp3) is 0.250. The fourth-order valence-corrected chi connectivity index (χ4v) is 2.81. The van der Waals surface area contributed by atoms with Crippen LogP contribution in [-0.2, 0) is 13.1 Å². The van der Waals surface area contributed by atoms with Gasteiger partial charge in [0.2, 0.25) is 0 Å². The number of carbonyl (C=O) groups excluding carboxylic acids is 1. The molecule has 8 nitrogen and oxygen atoms in total. The first-order valence-corrected chi connectivity index (χ1v) is 8.69. The first kappa shape index (κ1) is 16.9. The van der Waals surface area contributed by atoms with Crippen molar-refractivity contribution in [3.8, 4) is 11.4 Å². The number of benzene rings is 1. The summed E-state index contributed by atoms with van der Waals surface area (Å²) in [4.78, 5) is 13.0. The highest BCUT2D eigenvalue weighted by atomic mass is 32.1. The van der Waals surface area contributed by atoms with Gasteiger partial charge in [0.05, 0.1) is 25.4 Å². The maximum absolute atomic E-state index is 11.9. The van der Waals surface area contributed by atoms with E-state index < -0.39 is 0 Å². The minimum atomic E-state index is -0.269. The molecule has 3 aromatic rings. The molecule has 0 spiro atoms. The summed E-state index contributed by atoms with van der Waals surface area (Å²) in [5, 5.41) is 19.1. The number of ether oxygens (including phenoxy) is 1. The summed E-state index contributed by atoms with van der Waals surface area (Å²) >= 11 is 1.60. The summed E-state index contributed by atoms with van der Waals surface area (Å²) in [6.07, 6.45) is 0. The van der Waals surface area contributed by atoms with Crippen molar-refractivity contribution in [2.75, 3.05) is 6.61 Å². The number of rotatable bonds is 7. The number of hydrogen-bond acceptors (Lipinski definition) is 6. The summed E-state index contributed by atoms with van der Waals surface area (Å²) in [5.74, 6) is 1.32. The molecule has 0 fully saturated rings. The number of thiophene rings is 1. The Morgan fingerprint density at radius 3 is 2.72 bits per heavy atom. The van der Waals surface area contributed by atoms with Crippen molar-refractivity contribution in [1.82, 2.24) is 30.8 Å². The number of nitrogens with one attached hydrogen (secondary N) is 2. The zero-order chi connectivity index (χ0) is 17.5. The number of aromatic nitrogens is 4. The van der Waals surface area contributed by atoms with Gasteiger partial charge in [0.15, 0.2) is 5.82 Å². The van der Waals surface area contributed by atoms with E-state index in [0.717, 1.165) is 16.3 Å². The molecule has 0 saturated heterocycles. The molecule has 2 amide bonds. The Hall–Kier alpha value is -2.94. The summed E-state index contributed by atoms with van der Waals surface area (Å²) in [5.41, 5.74) is 0.796. The van der Waals surface area contributed by atoms with Crippen LogP contribution in [0.15, 0.2) is 41.8 Å². The Morgan fingerprint density at radius 1 is 1.20 bits per heavy atom. The van der Waals surface area contributed by atoms with Gasteiger partial charge in [0.1, 0.15) is 5.75 Å². The molecule has 3 rings (SSSR count). The van der Waals surface area contributed by atoms with Gasteiger partial charge in [-0.05, 0) is 53.1 Å². The Bertz CT molecular complexity index is 800. The fourth-order valence-electron chi connectivity index (χ4n) is 2.17. The molecule has 0 unspecified atom stereocenters. The van der Waals surface area contributed by atoms with Crippen LogP contribution in [0.25, 0.3) is 5.69 Å². The van der Waals surface area contributed by atoms with Gasteiger partial charge < -0.3 is 15.4 Å².